The summed E-state index contributed by atoms with van der Waals surface area (Å²) >= 11 is 5.90. The SMILES string of the molecule is C=c1[nH]c(=O)s/c1=C\c1ccnc(N(C)CCc2c[nH]c3ccccc23)n1.CN(Cc1cccc(N)c1)c1nccc(/C=C2\SC(=O)CC2=O)n1.CN(Cc1nc2ccccc2[nH]1)c1nccc(/C=C2\SC(=O)CC2=O)n1.CN(c1nccc(/C=C2\SC(=O)CC2=O)n1)[C@@H]1CCCNC1.O=C1CC(=O)/C(=C/c2ccnc(NC3CCc4ccccc4C3)n2)S1.O=C1CC(=O)C2(CCN(c3nccc(/C=C4\SC(=O)NC4=O)n3)CC2)N1. The van der Waals surface area contributed by atoms with Gasteiger partial charge in [0.15, 0.2) is 28.9 Å². The van der Waals surface area contributed by atoms with E-state index in [1.54, 1.807) is 97.9 Å². The second-order valence-corrected chi connectivity index (χ2v) is 42.2. The first-order valence-corrected chi connectivity index (χ1v) is 52.6. The van der Waals surface area contributed by atoms with E-state index >= 15 is 0 Å². The molecule has 0 bridgehead atoms. The van der Waals surface area contributed by atoms with Crippen molar-refractivity contribution in [1.82, 2.24) is 95.7 Å². The minimum absolute atomic E-state index is 0.0118. The normalized spacial score (nSPS) is 18.7. The second-order valence-electron chi connectivity index (χ2n) is 35.8. The number of imide groups is 1. The predicted molar refractivity (Wildman–Crippen MR) is 584 cm³/mol. The zero-order chi connectivity index (χ0) is 105. The lowest BCUT2D eigenvalue weighted by atomic mass is 9.85. The number of aryl methyl sites for hydroxylation is 1. The number of Topliss-reactive ketones (excluding diaryl/α,β-unsaturated/α-hetero) is 5. The molecular formula is C105H100N26O13S6. The largest absolute Gasteiger partial charge is 0.399 e. The maximum atomic E-state index is 12.1. The summed E-state index contributed by atoms with van der Waals surface area (Å²) in [5, 5.41) is 12.8. The minimum Gasteiger partial charge on any atom is -0.399 e. The molecule has 0 saturated carbocycles. The van der Waals surface area contributed by atoms with Crippen LogP contribution in [0.15, 0.2) is 206 Å². The van der Waals surface area contributed by atoms with Gasteiger partial charge in [-0.2, -0.15) is 0 Å². The van der Waals surface area contributed by atoms with Gasteiger partial charge in [-0.15, -0.1) is 0 Å². The number of nitrogen functional groups attached to an aromatic ring is 1. The van der Waals surface area contributed by atoms with Gasteiger partial charge in [-0.05, 0) is 242 Å². The van der Waals surface area contributed by atoms with Crippen molar-refractivity contribution < 1.29 is 57.5 Å². The molecule has 9 aliphatic rings. The molecule has 1 spiro atoms. The summed E-state index contributed by atoms with van der Waals surface area (Å²) in [5.74, 6) is 2.94. The molecule has 2 atom stereocenters. The number of aromatic nitrogens is 16. The van der Waals surface area contributed by atoms with E-state index in [1.165, 1.54) is 22.1 Å². The molecule has 13 aromatic rings. The van der Waals surface area contributed by atoms with E-state index in [9.17, 15) is 62.3 Å². The Balaban J connectivity index is 0.000000123. The lowest BCUT2D eigenvalue weighted by Crippen LogP contribution is -2.54. The number of hydrogen-bond donors (Lipinski definition) is 8. The summed E-state index contributed by atoms with van der Waals surface area (Å²) in [5.41, 5.74) is 17.7. The topological polar surface area (TPSA) is 527 Å². The number of hydrogen-bond acceptors (Lipinski definition) is 40. The van der Waals surface area contributed by atoms with Gasteiger partial charge < -0.3 is 61.1 Å². The van der Waals surface area contributed by atoms with Crippen molar-refractivity contribution in [2.45, 2.75) is 114 Å². The molecule has 39 nitrogen and oxygen atoms in total. The van der Waals surface area contributed by atoms with Gasteiger partial charge in [0.2, 0.25) is 62.1 Å². The summed E-state index contributed by atoms with van der Waals surface area (Å²) < 4.78 is 0.783. The number of nitrogens with one attached hydrogen (secondary N) is 7. The first kappa shape index (κ1) is 106. The van der Waals surface area contributed by atoms with Crippen LogP contribution in [0.5, 0.6) is 0 Å². The van der Waals surface area contributed by atoms with E-state index < -0.39 is 16.7 Å². The molecule has 17 heterocycles. The monoisotopic (exact) mass is 2120 g/mol. The van der Waals surface area contributed by atoms with Crippen molar-refractivity contribution in [2.24, 2.45) is 0 Å². The van der Waals surface area contributed by atoms with Crippen LogP contribution in [0.25, 0.3) is 65.0 Å². The lowest BCUT2D eigenvalue weighted by molar-refractivity contribution is -0.124. The third-order valence-corrected chi connectivity index (χ3v) is 30.3. The number of anilines is 7. The molecular weight excluding hydrogens is 2030 g/mol. The van der Waals surface area contributed by atoms with Crippen LogP contribution >= 0.6 is 70.1 Å². The number of fused-ring (bicyclic) bond motifs is 3. The Morgan fingerprint density at radius 2 is 1.04 bits per heavy atom. The maximum Gasteiger partial charge on any atom is 0.305 e. The average Bonchev–Trinajstić information content (AvgIpc) is 1.63. The molecule has 8 saturated heterocycles. The van der Waals surface area contributed by atoms with Crippen LogP contribution in [0.4, 0.5) is 46.2 Å². The van der Waals surface area contributed by atoms with E-state index in [2.05, 4.69) is 161 Å². The number of ketones is 5. The second kappa shape index (κ2) is 48.9. The van der Waals surface area contributed by atoms with Gasteiger partial charge in [-0.1, -0.05) is 84.6 Å². The van der Waals surface area contributed by atoms with Crippen molar-refractivity contribution in [1.29, 1.82) is 0 Å². The highest BCUT2D eigenvalue weighted by Gasteiger charge is 2.48. The molecule has 1 aliphatic carbocycles. The zero-order valence-corrected chi connectivity index (χ0v) is 86.5. The number of thioether (sulfide) groups is 5. The quantitative estimate of drug-likeness (QED) is 0.0188. The highest BCUT2D eigenvalue weighted by atomic mass is 32.2. The Morgan fingerprint density at radius 3 is 1.59 bits per heavy atom. The van der Waals surface area contributed by atoms with E-state index in [-0.39, 0.29) is 97.2 Å². The number of benzene rings is 4. The number of H-pyrrole nitrogens is 3. The molecule has 8 fully saturated rings. The van der Waals surface area contributed by atoms with Gasteiger partial charge in [0.25, 0.3) is 11.1 Å². The van der Waals surface area contributed by atoms with E-state index in [0.29, 0.717) is 146 Å². The molecule has 9 N–H and O–H groups in total. The molecule has 8 aliphatic heterocycles. The van der Waals surface area contributed by atoms with Crippen LogP contribution in [-0.2, 0) is 85.1 Å². The Labute approximate surface area is 883 Å². The Kier molecular flexibility index (Phi) is 34.4. The van der Waals surface area contributed by atoms with E-state index in [1.807, 2.05) is 115 Å². The summed E-state index contributed by atoms with van der Waals surface area (Å²) in [7, 11) is 7.73. The van der Waals surface area contributed by atoms with E-state index in [4.69, 9.17) is 5.73 Å². The zero-order valence-electron chi connectivity index (χ0n) is 81.6. The Hall–Kier alpha value is -15.8. The highest BCUT2D eigenvalue weighted by Crippen LogP contribution is 2.37. The van der Waals surface area contributed by atoms with Crippen molar-refractivity contribution >= 4 is 243 Å². The number of amides is 3. The number of carbonyl (C=O) groups is 12. The third-order valence-electron chi connectivity index (χ3n) is 24.8. The number of piperidine rings is 2. The van der Waals surface area contributed by atoms with Crippen molar-refractivity contribution in [3.63, 3.8) is 0 Å². The first-order valence-electron chi connectivity index (χ1n) is 47.7. The van der Waals surface area contributed by atoms with Gasteiger partial charge in [0.1, 0.15) is 11.4 Å². The lowest BCUT2D eigenvalue weighted by Gasteiger charge is -2.37. The number of likely N-dealkylation sites (N-methyl/N-ethyl adjacent to an activating group) is 2. The maximum absolute atomic E-state index is 12.1. The fraction of sp³-hybridized carbons (Fsp3) is 0.257. The van der Waals surface area contributed by atoms with Crippen molar-refractivity contribution in [3.8, 4) is 0 Å². The Bertz CT molecular complexity index is 7770. The molecule has 4 aromatic carbocycles. The number of nitrogens with zero attached hydrogens (tertiary/aromatic N) is 18. The standard InChI is InChI=1S/C20H19N5OS.C19H17N3O2S.C18H15N5O2S.C17H16N4O2S.C16H15N5O4S.C15H18N4O2S/c1-13-18(27-20(26)23-13)11-15-7-9-21-19(24-15)25(2)10-8-14-12-22-17-6-4-3-5-16(14)17;23-16-11-18(24)25-17(16)10-15-7-8-20-19(22-15)21-14-6-5-12-3-1-2-4-13(12)9-14;1-23(10-16-21-12-4-2-3-5-13(12)22-16)18-19-7-6-11(20-18)8-15-14(24)9-17(25)26-15;1-21(10-11-3-2-4-12(18)7-11)17-19-6-5-13(20-17)8-15-14(22)9-16(23)24-15;22-11-8-12(23)20-16(11)2-5-21(6-3-16)14-17-4-1-9(18-14)7-10-13(24)19-15(25)26-10;1-19(11-3-2-5-16-9-11)15-17-6-4-10(18-15)7-13-12(20)8-14(21)22-13/h3-7,9,11-12,22H,1,8,10H2,2H3,(H,23,26);1-4,7-8,10,14H,5-6,9,11H2,(H,20,21,22);2-8H,9-10H2,1H3,(H,21,22);2-8H,9-10,18H2,1H3;1,4,7H,2-3,5-6,8H2,(H,20,23)(H,19,24,25);4,6-7,11,16H,2-3,5,8-9H2,1H3/b18-11-;17-10-;2*15-8-;10-7-;13-7-/t;;;;;11-/m.....1/s1. The molecule has 0 radical (unpaired) electrons. The van der Waals surface area contributed by atoms with Crippen LogP contribution in [0.3, 0.4) is 0 Å². The minimum atomic E-state index is -0.744. The third kappa shape index (κ3) is 28.0. The van der Waals surface area contributed by atoms with Gasteiger partial charge in [-0.3, -0.25) is 67.6 Å². The molecule has 150 heavy (non-hydrogen) atoms. The van der Waals surface area contributed by atoms with Gasteiger partial charge >= 0.3 is 4.87 Å². The predicted octanol–water partition coefficient (Wildman–Crippen LogP) is 10.9. The van der Waals surface area contributed by atoms with Crippen LogP contribution in [0.1, 0.15) is 126 Å². The number of para-hydroxylation sites is 3. The van der Waals surface area contributed by atoms with Crippen molar-refractivity contribution in [2.75, 3.05) is 96.5 Å². The average molecular weight is 2130 g/mol. The molecule has 1 unspecified atom stereocenters. The number of aromatic amines is 3. The number of carbonyl (C=O) groups excluding carboxylic acids is 12. The number of allylic oxidation sites excluding steroid dienone is 4. The smallest absolute Gasteiger partial charge is 0.305 e. The number of thiazole rings is 1. The van der Waals surface area contributed by atoms with Crippen LogP contribution in [0, 0.1) is 0 Å². The van der Waals surface area contributed by atoms with Crippen molar-refractivity contribution in [3.05, 3.63) is 283 Å². The number of rotatable bonds is 21. The molecule has 45 heteroatoms. The summed E-state index contributed by atoms with van der Waals surface area (Å²) in [4.78, 5) is 228. The van der Waals surface area contributed by atoms with Gasteiger partial charge in [-0.25, -0.2) is 64.8 Å². The summed E-state index contributed by atoms with van der Waals surface area (Å²) in [6.07, 6.45) is 29.1. The first-order chi connectivity index (χ1) is 72.4. The molecule has 3 amide bonds. The number of imidazole rings is 1. The van der Waals surface area contributed by atoms with Crippen LogP contribution in [-0.4, -0.2) is 225 Å². The summed E-state index contributed by atoms with van der Waals surface area (Å²) in [6.45, 7) is 8.83. The fourth-order valence-electron chi connectivity index (χ4n) is 17.2. The fourth-order valence-corrected chi connectivity index (χ4v) is 21.8. The highest BCUT2D eigenvalue weighted by molar-refractivity contribution is 8.19. The molecule has 764 valence electrons. The Morgan fingerprint density at radius 1 is 0.513 bits per heavy atom. The number of nitrogens with two attached hydrogens (primary N) is 1. The molecule has 22 rings (SSSR count). The van der Waals surface area contributed by atoms with E-state index in [0.717, 1.165) is 166 Å². The van der Waals surface area contributed by atoms with Gasteiger partial charge in [0.05, 0.1) is 118 Å². The van der Waals surface area contributed by atoms with Crippen LogP contribution in [0.2, 0.25) is 0 Å². The molecule has 9 aromatic heterocycles. The van der Waals surface area contributed by atoms with Gasteiger partial charge in [0, 0.05) is 133 Å². The summed E-state index contributed by atoms with van der Waals surface area (Å²) in [6, 6.07) is 43.3. The van der Waals surface area contributed by atoms with Crippen LogP contribution < -0.4 is 66.3 Å².